The lowest BCUT2D eigenvalue weighted by molar-refractivity contribution is 0.574. The molecule has 1 unspecified atom stereocenters. The largest absolute Gasteiger partial charge is 0.323 e. The van der Waals surface area contributed by atoms with E-state index in [9.17, 15) is 0 Å². The Kier molecular flexibility index (Phi) is 4.52. The molecule has 0 radical (unpaired) electrons. The minimum Gasteiger partial charge on any atom is -0.323 e. The van der Waals surface area contributed by atoms with Gasteiger partial charge in [0.1, 0.15) is 0 Å². The second-order valence-corrected chi connectivity index (χ2v) is 6.12. The van der Waals surface area contributed by atoms with Gasteiger partial charge < -0.3 is 5.73 Å². The lowest BCUT2D eigenvalue weighted by Gasteiger charge is -2.31. The minimum absolute atomic E-state index is 0.177. The van der Waals surface area contributed by atoms with Crippen LogP contribution in [0.5, 0.6) is 0 Å². The van der Waals surface area contributed by atoms with Crippen molar-refractivity contribution in [3.05, 3.63) is 11.6 Å². The van der Waals surface area contributed by atoms with Crippen molar-refractivity contribution in [1.82, 2.24) is 0 Å². The van der Waals surface area contributed by atoms with Crippen LogP contribution in [-0.2, 0) is 0 Å². The molecule has 0 aromatic carbocycles. The van der Waals surface area contributed by atoms with Gasteiger partial charge in [0.2, 0.25) is 0 Å². The van der Waals surface area contributed by atoms with Gasteiger partial charge in [0, 0.05) is 10.8 Å². The van der Waals surface area contributed by atoms with Gasteiger partial charge in [-0.3, -0.25) is 0 Å². The summed E-state index contributed by atoms with van der Waals surface area (Å²) in [5.41, 5.74) is 7.80. The van der Waals surface area contributed by atoms with Gasteiger partial charge in [-0.1, -0.05) is 18.1 Å². The van der Waals surface area contributed by atoms with E-state index in [-0.39, 0.29) is 10.8 Å². The molecule has 0 aromatic heterocycles. The summed E-state index contributed by atoms with van der Waals surface area (Å²) in [5, 5.41) is 0. The second kappa shape index (κ2) is 5.22. The van der Waals surface area contributed by atoms with E-state index < -0.39 is 0 Å². The third-order valence-corrected chi connectivity index (χ3v) is 4.56. The van der Waals surface area contributed by atoms with Crippen LogP contribution >= 0.6 is 11.8 Å². The van der Waals surface area contributed by atoms with Crippen LogP contribution in [0.1, 0.15) is 46.0 Å². The SMILES string of the molecule is CSC(C)(C)C(N)C1=CCCCCC1. The summed E-state index contributed by atoms with van der Waals surface area (Å²) in [4.78, 5) is 0. The van der Waals surface area contributed by atoms with Crippen molar-refractivity contribution in [3.8, 4) is 0 Å². The van der Waals surface area contributed by atoms with Gasteiger partial charge in [-0.2, -0.15) is 11.8 Å². The molecule has 1 aliphatic rings. The number of nitrogens with two attached hydrogens (primary N) is 1. The highest BCUT2D eigenvalue weighted by Gasteiger charge is 2.28. The molecule has 2 heteroatoms. The summed E-state index contributed by atoms with van der Waals surface area (Å²) in [6, 6.07) is 0.232. The molecule has 14 heavy (non-hydrogen) atoms. The first kappa shape index (κ1) is 12.1. The molecular formula is C12H23NS. The molecule has 1 nitrogen and oxygen atoms in total. The zero-order valence-electron chi connectivity index (χ0n) is 9.68. The van der Waals surface area contributed by atoms with E-state index in [4.69, 9.17) is 5.73 Å². The Labute approximate surface area is 92.5 Å². The van der Waals surface area contributed by atoms with Crippen LogP contribution in [0.2, 0.25) is 0 Å². The van der Waals surface area contributed by atoms with Crippen LogP contribution in [0.25, 0.3) is 0 Å². The first-order valence-electron chi connectivity index (χ1n) is 5.57. The first-order chi connectivity index (χ1) is 6.58. The maximum atomic E-state index is 6.32. The normalized spacial score (nSPS) is 21.3. The summed E-state index contributed by atoms with van der Waals surface area (Å²) < 4.78 is 0.177. The number of hydrogen-bond donors (Lipinski definition) is 1. The molecule has 0 saturated heterocycles. The van der Waals surface area contributed by atoms with E-state index in [0.717, 1.165) is 0 Å². The van der Waals surface area contributed by atoms with Gasteiger partial charge in [0.25, 0.3) is 0 Å². The Morgan fingerprint density at radius 1 is 1.36 bits per heavy atom. The maximum Gasteiger partial charge on any atom is 0.0397 e. The van der Waals surface area contributed by atoms with E-state index in [1.54, 1.807) is 0 Å². The monoisotopic (exact) mass is 213 g/mol. The van der Waals surface area contributed by atoms with Crippen LogP contribution < -0.4 is 5.73 Å². The molecule has 1 aliphatic carbocycles. The van der Waals surface area contributed by atoms with Crippen molar-refractivity contribution in [3.63, 3.8) is 0 Å². The lowest BCUT2D eigenvalue weighted by Crippen LogP contribution is -2.41. The van der Waals surface area contributed by atoms with Gasteiger partial charge in [-0.25, -0.2) is 0 Å². The third-order valence-electron chi connectivity index (χ3n) is 3.25. The summed E-state index contributed by atoms with van der Waals surface area (Å²) in [7, 11) is 0. The van der Waals surface area contributed by atoms with Crippen molar-refractivity contribution < 1.29 is 0 Å². The number of hydrogen-bond acceptors (Lipinski definition) is 2. The molecule has 1 atom stereocenters. The molecule has 0 saturated carbocycles. The van der Waals surface area contributed by atoms with Crippen molar-refractivity contribution in [2.24, 2.45) is 5.73 Å². The van der Waals surface area contributed by atoms with Crippen molar-refractivity contribution in [2.75, 3.05) is 6.26 Å². The Balaban J connectivity index is 2.66. The highest BCUT2D eigenvalue weighted by atomic mass is 32.2. The van der Waals surface area contributed by atoms with Crippen LogP contribution in [-0.4, -0.2) is 17.0 Å². The van der Waals surface area contributed by atoms with E-state index in [0.29, 0.717) is 0 Å². The van der Waals surface area contributed by atoms with Gasteiger partial charge in [0.05, 0.1) is 0 Å². The smallest absolute Gasteiger partial charge is 0.0397 e. The standard InChI is InChI=1S/C12H23NS/c1-12(2,14-3)11(13)10-8-6-4-5-7-9-10/h8,11H,4-7,9,13H2,1-3H3. The molecule has 0 heterocycles. The topological polar surface area (TPSA) is 26.0 Å². The summed E-state index contributed by atoms with van der Waals surface area (Å²) >= 11 is 1.87. The molecule has 82 valence electrons. The van der Waals surface area contributed by atoms with Crippen LogP contribution in [0, 0.1) is 0 Å². The van der Waals surface area contributed by atoms with Gasteiger partial charge in [-0.15, -0.1) is 0 Å². The highest BCUT2D eigenvalue weighted by molar-refractivity contribution is 8.00. The molecule has 0 amide bonds. The molecule has 1 rings (SSSR count). The molecular weight excluding hydrogens is 190 g/mol. The van der Waals surface area contributed by atoms with Crippen molar-refractivity contribution in [2.45, 2.75) is 56.7 Å². The van der Waals surface area contributed by atoms with E-state index in [1.807, 2.05) is 11.8 Å². The Morgan fingerprint density at radius 2 is 2.07 bits per heavy atom. The van der Waals surface area contributed by atoms with Gasteiger partial charge in [-0.05, 0) is 45.8 Å². The molecule has 0 aliphatic heterocycles. The number of rotatable bonds is 3. The minimum atomic E-state index is 0.177. The van der Waals surface area contributed by atoms with E-state index in [2.05, 4.69) is 26.2 Å². The third kappa shape index (κ3) is 3.03. The molecule has 0 bridgehead atoms. The van der Waals surface area contributed by atoms with Gasteiger partial charge in [0.15, 0.2) is 0 Å². The quantitative estimate of drug-likeness (QED) is 0.728. The fraction of sp³-hybridized carbons (Fsp3) is 0.833. The van der Waals surface area contributed by atoms with Crippen LogP contribution in [0.4, 0.5) is 0 Å². The summed E-state index contributed by atoms with van der Waals surface area (Å²) in [6.07, 6.45) is 11.0. The number of allylic oxidation sites excluding steroid dienone is 1. The van der Waals surface area contributed by atoms with Crippen molar-refractivity contribution >= 4 is 11.8 Å². The zero-order valence-corrected chi connectivity index (χ0v) is 10.5. The predicted octanol–water partition coefficient (Wildman–Crippen LogP) is 3.35. The Morgan fingerprint density at radius 3 is 2.71 bits per heavy atom. The lowest BCUT2D eigenvalue weighted by atomic mass is 9.93. The average Bonchev–Trinajstić information content (AvgIpc) is 2.44. The average molecular weight is 213 g/mol. The van der Waals surface area contributed by atoms with E-state index >= 15 is 0 Å². The van der Waals surface area contributed by atoms with Crippen LogP contribution in [0.15, 0.2) is 11.6 Å². The second-order valence-electron chi connectivity index (χ2n) is 4.66. The molecule has 0 aromatic rings. The predicted molar refractivity (Wildman–Crippen MR) is 66.7 cm³/mol. The van der Waals surface area contributed by atoms with Crippen molar-refractivity contribution in [1.29, 1.82) is 0 Å². The van der Waals surface area contributed by atoms with Crippen LogP contribution in [0.3, 0.4) is 0 Å². The van der Waals surface area contributed by atoms with Gasteiger partial charge >= 0.3 is 0 Å². The first-order valence-corrected chi connectivity index (χ1v) is 6.80. The Hall–Kier alpha value is 0.0500. The number of thioether (sulfide) groups is 1. The fourth-order valence-corrected chi connectivity index (χ4v) is 2.30. The summed E-state index contributed by atoms with van der Waals surface area (Å²) in [5.74, 6) is 0. The van der Waals surface area contributed by atoms with E-state index in [1.165, 1.54) is 37.7 Å². The molecule has 0 fully saturated rings. The highest BCUT2D eigenvalue weighted by Crippen LogP contribution is 2.31. The fourth-order valence-electron chi connectivity index (χ4n) is 1.90. The Bertz CT molecular complexity index is 208. The zero-order chi connectivity index (χ0) is 10.6. The summed E-state index contributed by atoms with van der Waals surface area (Å²) in [6.45, 7) is 4.49. The molecule has 2 N–H and O–H groups in total. The maximum absolute atomic E-state index is 6.32. The molecule has 0 spiro atoms.